The molecule has 0 N–H and O–H groups in total. The zero-order valence-corrected chi connectivity index (χ0v) is 24.0. The van der Waals surface area contributed by atoms with E-state index < -0.39 is 0 Å². The Morgan fingerprint density at radius 1 is 0.605 bits per heavy atom. The van der Waals surface area contributed by atoms with Crippen molar-refractivity contribution in [3.8, 4) is 11.1 Å². The van der Waals surface area contributed by atoms with Crippen molar-refractivity contribution in [3.63, 3.8) is 0 Å². The summed E-state index contributed by atoms with van der Waals surface area (Å²) in [5.74, 6) is 0.527. The molecule has 0 fully saturated rings. The Balaban J connectivity index is 0.000000171. The molecule has 38 heavy (non-hydrogen) atoms. The van der Waals surface area contributed by atoms with E-state index in [9.17, 15) is 0 Å². The van der Waals surface area contributed by atoms with Crippen LogP contribution in [-0.4, -0.2) is 5.33 Å². The van der Waals surface area contributed by atoms with Gasteiger partial charge in [-0.25, -0.2) is 0 Å². The molecule has 7 rings (SSSR count). The lowest BCUT2D eigenvalue weighted by atomic mass is 9.88. The van der Waals surface area contributed by atoms with Gasteiger partial charge < -0.3 is 0 Å². The normalized spacial score (nSPS) is 14.6. The lowest BCUT2D eigenvalue weighted by Gasteiger charge is -2.15. The predicted molar refractivity (Wildman–Crippen MR) is 167 cm³/mol. The third kappa shape index (κ3) is 4.85. The van der Waals surface area contributed by atoms with Crippen LogP contribution in [0.3, 0.4) is 0 Å². The van der Waals surface area contributed by atoms with E-state index >= 15 is 0 Å². The maximum Gasteiger partial charge on any atom is 0.0105 e. The van der Waals surface area contributed by atoms with Crippen LogP contribution in [0.5, 0.6) is 0 Å². The van der Waals surface area contributed by atoms with Crippen LogP contribution < -0.4 is 0 Å². The van der Waals surface area contributed by atoms with Gasteiger partial charge in [-0.05, 0) is 102 Å². The van der Waals surface area contributed by atoms with Crippen LogP contribution in [0.15, 0.2) is 96.1 Å². The van der Waals surface area contributed by atoms with E-state index in [1.807, 2.05) is 0 Å². The minimum atomic E-state index is 0.527. The van der Waals surface area contributed by atoms with Crippen LogP contribution in [0.1, 0.15) is 70.7 Å². The van der Waals surface area contributed by atoms with Gasteiger partial charge in [0, 0.05) is 11.2 Å². The Hall–Kier alpha value is -3.16. The third-order valence-corrected chi connectivity index (χ3v) is 8.76. The van der Waals surface area contributed by atoms with Crippen molar-refractivity contribution in [3.05, 3.63) is 141 Å². The highest BCUT2D eigenvalue weighted by Crippen LogP contribution is 2.46. The van der Waals surface area contributed by atoms with Gasteiger partial charge in [0.25, 0.3) is 0 Å². The fourth-order valence-electron chi connectivity index (χ4n) is 6.64. The van der Waals surface area contributed by atoms with Gasteiger partial charge in [0.2, 0.25) is 0 Å². The summed E-state index contributed by atoms with van der Waals surface area (Å²) in [6.45, 7) is 4.45. The summed E-state index contributed by atoms with van der Waals surface area (Å²) < 4.78 is 0. The van der Waals surface area contributed by atoms with Gasteiger partial charge in [-0.15, -0.1) is 0 Å². The molecule has 4 aromatic carbocycles. The van der Waals surface area contributed by atoms with Crippen LogP contribution in [0.2, 0.25) is 0 Å². The highest BCUT2D eigenvalue weighted by Gasteiger charge is 2.28. The minimum Gasteiger partial charge on any atom is -0.0924 e. The number of aryl methyl sites for hydroxylation is 2. The van der Waals surface area contributed by atoms with E-state index in [2.05, 4.69) is 127 Å². The average Bonchev–Trinajstić information content (AvgIpc) is 3.60. The molecule has 0 saturated heterocycles. The lowest BCUT2D eigenvalue weighted by molar-refractivity contribution is 0.726. The monoisotopic (exact) mass is 558 g/mol. The molecule has 0 nitrogen and oxygen atoms in total. The first-order chi connectivity index (χ1) is 18.6. The Labute approximate surface area is 236 Å². The van der Waals surface area contributed by atoms with E-state index in [0.29, 0.717) is 5.92 Å². The molecule has 3 aliphatic rings. The van der Waals surface area contributed by atoms with Gasteiger partial charge in [0.05, 0.1) is 0 Å². The Kier molecular flexibility index (Phi) is 7.22. The molecule has 0 radical (unpaired) electrons. The molecular weight excluding hydrogens is 524 g/mol. The number of fused-ring (bicyclic) bond motifs is 5. The van der Waals surface area contributed by atoms with Crippen LogP contribution in [-0.2, 0) is 25.7 Å². The SMILES string of the molecule is CC1=Cc2cccc(CCBr)c2C1.CC1=Cc2cccc(CCC3c4ccccc4-c4ccccc43)c2C1. The number of allylic oxidation sites excluding steroid dienone is 2. The first-order valence-electron chi connectivity index (χ1n) is 13.9. The van der Waals surface area contributed by atoms with E-state index in [0.717, 1.165) is 31.0 Å². The van der Waals surface area contributed by atoms with Gasteiger partial charge in [-0.2, -0.15) is 0 Å². The second-order valence-electron chi connectivity index (χ2n) is 11.0. The zero-order chi connectivity index (χ0) is 26.1. The number of hydrogen-bond acceptors (Lipinski definition) is 0. The molecule has 0 aromatic heterocycles. The summed E-state index contributed by atoms with van der Waals surface area (Å²) >= 11 is 3.49. The van der Waals surface area contributed by atoms with Crippen LogP contribution in [0, 0.1) is 0 Å². The van der Waals surface area contributed by atoms with Crippen LogP contribution >= 0.6 is 15.9 Å². The molecule has 0 spiro atoms. The van der Waals surface area contributed by atoms with Crippen LogP contribution in [0.4, 0.5) is 0 Å². The van der Waals surface area contributed by atoms with Crippen molar-refractivity contribution in [2.24, 2.45) is 0 Å². The molecule has 0 aliphatic heterocycles. The van der Waals surface area contributed by atoms with E-state index in [-0.39, 0.29) is 0 Å². The summed E-state index contributed by atoms with van der Waals surface area (Å²) in [6.07, 6.45) is 10.4. The number of hydrogen-bond donors (Lipinski definition) is 0. The molecule has 1 heteroatoms. The predicted octanol–water partition coefficient (Wildman–Crippen LogP) is 9.97. The molecule has 0 amide bonds. The second kappa shape index (κ2) is 10.9. The molecule has 0 unspecified atom stereocenters. The van der Waals surface area contributed by atoms with Crippen molar-refractivity contribution in [1.29, 1.82) is 0 Å². The maximum absolute atomic E-state index is 3.49. The summed E-state index contributed by atoms with van der Waals surface area (Å²) in [4.78, 5) is 0. The molecule has 0 heterocycles. The zero-order valence-electron chi connectivity index (χ0n) is 22.4. The number of halogens is 1. The third-order valence-electron chi connectivity index (χ3n) is 8.36. The molecule has 0 bridgehead atoms. The Morgan fingerprint density at radius 3 is 1.63 bits per heavy atom. The summed E-state index contributed by atoms with van der Waals surface area (Å²) in [5.41, 5.74) is 17.8. The quantitative estimate of drug-likeness (QED) is 0.214. The average molecular weight is 560 g/mol. The van der Waals surface area contributed by atoms with Gasteiger partial charge in [0.1, 0.15) is 0 Å². The summed E-state index contributed by atoms with van der Waals surface area (Å²) in [6, 6.07) is 31.3. The Bertz CT molecular complexity index is 1510. The van der Waals surface area contributed by atoms with E-state index in [1.165, 1.54) is 62.1 Å². The van der Waals surface area contributed by atoms with Crippen molar-refractivity contribution < 1.29 is 0 Å². The fourth-order valence-corrected chi connectivity index (χ4v) is 7.07. The Morgan fingerprint density at radius 2 is 1.11 bits per heavy atom. The van der Waals surface area contributed by atoms with Gasteiger partial charge >= 0.3 is 0 Å². The maximum atomic E-state index is 3.49. The second-order valence-corrected chi connectivity index (χ2v) is 11.8. The molecule has 3 aliphatic carbocycles. The largest absolute Gasteiger partial charge is 0.0924 e. The van der Waals surface area contributed by atoms with E-state index in [4.69, 9.17) is 0 Å². The topological polar surface area (TPSA) is 0 Å². The van der Waals surface area contributed by atoms with Gasteiger partial charge in [-0.1, -0.05) is 124 Å². The first-order valence-corrected chi connectivity index (χ1v) is 15.0. The first kappa shape index (κ1) is 25.1. The molecule has 190 valence electrons. The van der Waals surface area contributed by atoms with Crippen molar-refractivity contribution in [1.82, 2.24) is 0 Å². The van der Waals surface area contributed by atoms with Crippen molar-refractivity contribution >= 4 is 28.1 Å². The standard InChI is InChI=1S/C25H22.C12H13Br/c1-17-15-19-8-6-7-18(25(19)16-17)13-14-24-22-11-4-2-9-20(22)21-10-3-5-12-23(21)24;1-9-7-11-4-2-3-10(5-6-13)12(11)8-9/h2-12,15,24H,13-14,16H2,1H3;2-4,7H,5-6,8H2,1H3. The number of benzene rings is 4. The highest BCUT2D eigenvalue weighted by molar-refractivity contribution is 9.09. The lowest BCUT2D eigenvalue weighted by Crippen LogP contribution is -2.01. The molecule has 4 aromatic rings. The molecule has 0 atom stereocenters. The minimum absolute atomic E-state index is 0.527. The van der Waals surface area contributed by atoms with Crippen molar-refractivity contribution in [2.45, 2.75) is 51.9 Å². The molecule has 0 saturated carbocycles. The van der Waals surface area contributed by atoms with Gasteiger partial charge in [0.15, 0.2) is 0 Å². The summed E-state index contributed by atoms with van der Waals surface area (Å²) in [5, 5.41) is 1.06. The number of rotatable bonds is 5. The van der Waals surface area contributed by atoms with Gasteiger partial charge in [-0.3, -0.25) is 0 Å². The molecular formula is C37H35Br. The van der Waals surface area contributed by atoms with E-state index in [1.54, 1.807) is 11.1 Å². The van der Waals surface area contributed by atoms with Crippen molar-refractivity contribution in [2.75, 3.05) is 5.33 Å². The highest BCUT2D eigenvalue weighted by atomic mass is 79.9. The number of alkyl halides is 1. The summed E-state index contributed by atoms with van der Waals surface area (Å²) in [7, 11) is 0. The fraction of sp³-hybridized carbons (Fsp3) is 0.243. The smallest absolute Gasteiger partial charge is 0.0105 e. The van der Waals surface area contributed by atoms with Crippen LogP contribution in [0.25, 0.3) is 23.3 Å².